The van der Waals surface area contributed by atoms with Crippen LogP contribution in [0.15, 0.2) is 29.3 Å². The summed E-state index contributed by atoms with van der Waals surface area (Å²) in [6, 6.07) is 8.82. The molecular formula is C23H38IN7O. The average molecular weight is 556 g/mol. The summed E-state index contributed by atoms with van der Waals surface area (Å²) in [5.74, 6) is 2.66. The minimum Gasteiger partial charge on any atom is -0.379 e. The summed E-state index contributed by atoms with van der Waals surface area (Å²) in [4.78, 5) is 9.50. The molecule has 1 aromatic carbocycles. The lowest BCUT2D eigenvalue weighted by atomic mass is 10.1. The molecule has 1 aromatic heterocycles. The third-order valence-electron chi connectivity index (χ3n) is 5.80. The minimum absolute atomic E-state index is 0. The number of hydrogen-bond donors (Lipinski definition) is 1. The van der Waals surface area contributed by atoms with E-state index in [0.29, 0.717) is 6.54 Å². The molecule has 0 bridgehead atoms. The van der Waals surface area contributed by atoms with Crippen LogP contribution in [-0.2, 0) is 31.3 Å². The molecule has 0 unspecified atom stereocenters. The Kier molecular flexibility index (Phi) is 11.4. The molecule has 0 spiro atoms. The van der Waals surface area contributed by atoms with Gasteiger partial charge < -0.3 is 19.5 Å². The zero-order valence-electron chi connectivity index (χ0n) is 19.9. The maximum Gasteiger partial charge on any atom is 0.194 e. The maximum absolute atomic E-state index is 5.44. The van der Waals surface area contributed by atoms with E-state index in [-0.39, 0.29) is 24.0 Å². The molecule has 2 aromatic rings. The highest BCUT2D eigenvalue weighted by atomic mass is 127. The van der Waals surface area contributed by atoms with Gasteiger partial charge in [-0.3, -0.25) is 4.90 Å². The number of nitrogens with zero attached hydrogens (tertiary/aromatic N) is 6. The third kappa shape index (κ3) is 8.00. The van der Waals surface area contributed by atoms with E-state index in [1.165, 1.54) is 11.1 Å². The highest BCUT2D eigenvalue weighted by molar-refractivity contribution is 14.0. The molecule has 1 N–H and O–H groups in total. The van der Waals surface area contributed by atoms with E-state index in [1.807, 2.05) is 18.5 Å². The molecule has 0 aliphatic carbocycles. The fourth-order valence-corrected chi connectivity index (χ4v) is 3.60. The van der Waals surface area contributed by atoms with Gasteiger partial charge in [-0.15, -0.1) is 34.2 Å². The van der Waals surface area contributed by atoms with Crippen molar-refractivity contribution < 1.29 is 4.74 Å². The number of nitrogens with one attached hydrogen (secondary N) is 1. The van der Waals surface area contributed by atoms with Gasteiger partial charge in [-0.05, 0) is 37.4 Å². The topological polar surface area (TPSA) is 70.8 Å². The van der Waals surface area contributed by atoms with Gasteiger partial charge in [-0.2, -0.15) is 0 Å². The number of ether oxygens (including phenoxy) is 1. The maximum atomic E-state index is 5.44. The van der Waals surface area contributed by atoms with Crippen LogP contribution < -0.4 is 5.32 Å². The van der Waals surface area contributed by atoms with Gasteiger partial charge in [0.05, 0.1) is 13.2 Å². The normalized spacial score (nSPS) is 14.8. The lowest BCUT2D eigenvalue weighted by Gasteiger charge is -2.27. The first-order chi connectivity index (χ1) is 15.1. The molecule has 0 amide bonds. The van der Waals surface area contributed by atoms with Crippen molar-refractivity contribution in [1.29, 1.82) is 0 Å². The summed E-state index contributed by atoms with van der Waals surface area (Å²) in [6.45, 7) is 11.1. The largest absolute Gasteiger partial charge is 0.379 e. The molecule has 1 fully saturated rings. The third-order valence-corrected chi connectivity index (χ3v) is 5.80. The van der Waals surface area contributed by atoms with Crippen molar-refractivity contribution in [2.75, 3.05) is 46.4 Å². The van der Waals surface area contributed by atoms with Crippen LogP contribution in [0.1, 0.15) is 36.1 Å². The van der Waals surface area contributed by atoms with Crippen molar-refractivity contribution in [1.82, 2.24) is 29.9 Å². The zero-order chi connectivity index (χ0) is 22.1. The highest BCUT2D eigenvalue weighted by Crippen LogP contribution is 2.08. The van der Waals surface area contributed by atoms with E-state index in [0.717, 1.165) is 76.4 Å². The van der Waals surface area contributed by atoms with Crippen molar-refractivity contribution in [3.05, 3.63) is 47.0 Å². The van der Waals surface area contributed by atoms with Gasteiger partial charge >= 0.3 is 0 Å². The molecule has 1 aliphatic rings. The summed E-state index contributed by atoms with van der Waals surface area (Å²) in [6.07, 6.45) is 2.13. The number of aliphatic imine (C=N–C) groups is 1. The molecular weight excluding hydrogens is 517 g/mol. The number of hydrogen-bond acceptors (Lipinski definition) is 5. The molecule has 178 valence electrons. The van der Waals surface area contributed by atoms with Crippen LogP contribution in [0.25, 0.3) is 0 Å². The summed E-state index contributed by atoms with van der Waals surface area (Å²) in [5, 5.41) is 12.0. The molecule has 0 atom stereocenters. The molecule has 0 radical (unpaired) electrons. The smallest absolute Gasteiger partial charge is 0.194 e. The molecule has 1 aliphatic heterocycles. The fraction of sp³-hybridized carbons (Fsp3) is 0.609. The Morgan fingerprint density at radius 2 is 1.84 bits per heavy atom. The molecule has 0 saturated carbocycles. The van der Waals surface area contributed by atoms with Crippen LogP contribution in [0.2, 0.25) is 0 Å². The predicted molar refractivity (Wildman–Crippen MR) is 139 cm³/mol. The molecule has 8 nitrogen and oxygen atoms in total. The van der Waals surface area contributed by atoms with Gasteiger partial charge in [0.25, 0.3) is 0 Å². The Hall–Kier alpha value is -1.72. The molecule has 2 heterocycles. The summed E-state index contributed by atoms with van der Waals surface area (Å²) in [5.41, 5.74) is 2.64. The first-order valence-electron chi connectivity index (χ1n) is 11.3. The van der Waals surface area contributed by atoms with E-state index >= 15 is 0 Å². The van der Waals surface area contributed by atoms with Crippen LogP contribution in [-0.4, -0.2) is 77.0 Å². The fourth-order valence-electron chi connectivity index (χ4n) is 3.60. The number of rotatable bonds is 9. The molecule has 1 saturated heterocycles. The summed E-state index contributed by atoms with van der Waals surface area (Å²) in [7, 11) is 4.07. The quantitative estimate of drug-likeness (QED) is 0.222. The molecule has 3 rings (SSSR count). The number of guanidine groups is 1. The summed E-state index contributed by atoms with van der Waals surface area (Å²) < 4.78 is 7.43. The minimum atomic E-state index is 0. The van der Waals surface area contributed by atoms with E-state index in [4.69, 9.17) is 9.73 Å². The van der Waals surface area contributed by atoms with Gasteiger partial charge in [-0.1, -0.05) is 31.2 Å². The van der Waals surface area contributed by atoms with Crippen LogP contribution in [0.3, 0.4) is 0 Å². The number of aryl methyl sites for hydroxylation is 2. The second kappa shape index (κ2) is 13.7. The Bertz CT molecular complexity index is 831. The van der Waals surface area contributed by atoms with Crippen LogP contribution in [0.4, 0.5) is 0 Å². The first-order valence-corrected chi connectivity index (χ1v) is 11.3. The van der Waals surface area contributed by atoms with Crippen molar-refractivity contribution >= 4 is 29.9 Å². The number of halogens is 1. The number of aromatic nitrogens is 3. The van der Waals surface area contributed by atoms with Gasteiger partial charge in [-0.25, -0.2) is 4.99 Å². The van der Waals surface area contributed by atoms with Crippen molar-refractivity contribution in [2.45, 2.75) is 39.8 Å². The molecule has 32 heavy (non-hydrogen) atoms. The number of morpholine rings is 1. The SMILES string of the molecule is CCc1ccc(CN(C)C(=NCc2nnc(C)n2C)NCCCN2CCOCC2)cc1.I. The van der Waals surface area contributed by atoms with Crippen LogP contribution in [0, 0.1) is 6.92 Å². The first kappa shape index (κ1) is 26.5. The lowest BCUT2D eigenvalue weighted by molar-refractivity contribution is 0.0375. The summed E-state index contributed by atoms with van der Waals surface area (Å²) >= 11 is 0. The molecule has 9 heteroatoms. The van der Waals surface area contributed by atoms with Crippen LogP contribution >= 0.6 is 24.0 Å². The van der Waals surface area contributed by atoms with Gasteiger partial charge in [0.15, 0.2) is 11.8 Å². The van der Waals surface area contributed by atoms with Gasteiger partial charge in [0, 0.05) is 40.3 Å². The zero-order valence-corrected chi connectivity index (χ0v) is 22.2. The van der Waals surface area contributed by atoms with E-state index in [2.05, 4.69) is 63.6 Å². The van der Waals surface area contributed by atoms with Crippen LogP contribution in [0.5, 0.6) is 0 Å². The van der Waals surface area contributed by atoms with E-state index in [1.54, 1.807) is 0 Å². The number of benzene rings is 1. The standard InChI is InChI=1S/C23H37N7O.HI/c1-5-20-7-9-21(10-8-20)18-28(3)23(25-17-22-27-26-19(2)29(22)4)24-11-6-12-30-13-15-31-16-14-30;/h7-10H,5-6,11-18H2,1-4H3,(H,24,25);1H. The monoisotopic (exact) mass is 555 g/mol. The highest BCUT2D eigenvalue weighted by Gasteiger charge is 2.12. The lowest BCUT2D eigenvalue weighted by Crippen LogP contribution is -2.41. The second-order valence-corrected chi connectivity index (χ2v) is 8.12. The van der Waals surface area contributed by atoms with Crippen molar-refractivity contribution in [3.63, 3.8) is 0 Å². The Balaban J connectivity index is 0.00000363. The predicted octanol–water partition coefficient (Wildman–Crippen LogP) is 2.60. The van der Waals surface area contributed by atoms with E-state index < -0.39 is 0 Å². The average Bonchev–Trinajstić information content (AvgIpc) is 3.12. The van der Waals surface area contributed by atoms with Gasteiger partial charge in [0.2, 0.25) is 0 Å². The Labute approximate surface area is 209 Å². The Morgan fingerprint density at radius 3 is 2.47 bits per heavy atom. The van der Waals surface area contributed by atoms with E-state index in [9.17, 15) is 0 Å². The van der Waals surface area contributed by atoms with Crippen molar-refractivity contribution in [2.24, 2.45) is 12.0 Å². The Morgan fingerprint density at radius 1 is 1.16 bits per heavy atom. The second-order valence-electron chi connectivity index (χ2n) is 8.12. The van der Waals surface area contributed by atoms with Gasteiger partial charge in [0.1, 0.15) is 12.4 Å². The van der Waals surface area contributed by atoms with Crippen molar-refractivity contribution in [3.8, 4) is 0 Å².